The molecule has 0 spiro atoms. The van der Waals surface area contributed by atoms with E-state index in [2.05, 4.69) is 50.1 Å². The average molecular weight is 356 g/mol. The number of hydrogen-bond acceptors (Lipinski definition) is 4. The van der Waals surface area contributed by atoms with Gasteiger partial charge in [-0.15, -0.1) is 0 Å². The van der Waals surface area contributed by atoms with Crippen LogP contribution in [0.2, 0.25) is 0 Å². The van der Waals surface area contributed by atoms with Gasteiger partial charge in [0.25, 0.3) is 0 Å². The van der Waals surface area contributed by atoms with Gasteiger partial charge in [0.05, 0.1) is 28.5 Å². The minimum Gasteiger partial charge on any atom is -0.405 e. The third-order valence-electron chi connectivity index (χ3n) is 5.02. The molecule has 2 aromatic heterocycles. The number of hydrogen-bond donors (Lipinski definition) is 2. The molecule has 6 nitrogen and oxygen atoms in total. The van der Waals surface area contributed by atoms with Crippen LogP contribution >= 0.6 is 0 Å². The number of allylic oxidation sites excluding steroid dienone is 1. The number of nitrogens with zero attached hydrogens (tertiary/aromatic N) is 4. The number of fused-ring (bicyclic) bond motifs is 2. The Morgan fingerprint density at radius 2 is 2.19 bits per heavy atom. The van der Waals surface area contributed by atoms with Crippen molar-refractivity contribution in [2.75, 3.05) is 6.54 Å². The van der Waals surface area contributed by atoms with Crippen LogP contribution in [0.25, 0.3) is 27.6 Å². The predicted octanol–water partition coefficient (Wildman–Crippen LogP) is 3.57. The molecule has 2 aromatic carbocycles. The van der Waals surface area contributed by atoms with Gasteiger partial charge in [-0.25, -0.2) is 4.98 Å². The highest BCUT2D eigenvalue weighted by Gasteiger charge is 2.20. The normalized spacial score (nSPS) is 15.3. The SMILES string of the molecule is NC=CC(=NCC1CC1)c1ccc2ncn(-c3ccc4cn[nH]c4c3)c2c1. The fraction of sp³-hybridized carbons (Fsp3) is 0.190. The summed E-state index contributed by atoms with van der Waals surface area (Å²) in [5.74, 6) is 0.738. The van der Waals surface area contributed by atoms with E-state index in [-0.39, 0.29) is 0 Å². The van der Waals surface area contributed by atoms with Crippen LogP contribution in [0.5, 0.6) is 0 Å². The molecule has 0 radical (unpaired) electrons. The first-order valence-corrected chi connectivity index (χ1v) is 9.15. The van der Waals surface area contributed by atoms with Crippen LogP contribution in [0, 0.1) is 5.92 Å². The predicted molar refractivity (Wildman–Crippen MR) is 108 cm³/mol. The Hall–Kier alpha value is -3.41. The van der Waals surface area contributed by atoms with Crippen LogP contribution in [0.1, 0.15) is 18.4 Å². The number of nitrogens with two attached hydrogens (primary N) is 1. The van der Waals surface area contributed by atoms with Gasteiger partial charge in [0.15, 0.2) is 0 Å². The molecule has 0 bridgehead atoms. The molecule has 1 fully saturated rings. The van der Waals surface area contributed by atoms with Gasteiger partial charge in [-0.3, -0.25) is 14.7 Å². The minimum atomic E-state index is 0.738. The molecule has 0 atom stereocenters. The molecule has 27 heavy (non-hydrogen) atoms. The Morgan fingerprint density at radius 1 is 1.26 bits per heavy atom. The smallest absolute Gasteiger partial charge is 0.100 e. The molecular formula is C21H20N6. The maximum absolute atomic E-state index is 5.66. The quantitative estimate of drug-likeness (QED) is 0.536. The van der Waals surface area contributed by atoms with Gasteiger partial charge < -0.3 is 5.73 Å². The molecule has 5 rings (SSSR count). The van der Waals surface area contributed by atoms with Crippen LogP contribution in [-0.4, -0.2) is 32.0 Å². The molecule has 1 saturated carbocycles. The molecule has 4 aromatic rings. The topological polar surface area (TPSA) is 84.9 Å². The zero-order valence-corrected chi connectivity index (χ0v) is 14.8. The monoisotopic (exact) mass is 356 g/mol. The number of rotatable bonds is 5. The lowest BCUT2D eigenvalue weighted by molar-refractivity contribution is 0.849. The molecule has 0 amide bonds. The van der Waals surface area contributed by atoms with E-state index in [1.165, 1.54) is 12.8 Å². The van der Waals surface area contributed by atoms with E-state index in [1.807, 2.05) is 24.7 Å². The van der Waals surface area contributed by atoms with Gasteiger partial charge >= 0.3 is 0 Å². The lowest BCUT2D eigenvalue weighted by atomic mass is 10.1. The number of aromatic amines is 1. The second-order valence-corrected chi connectivity index (χ2v) is 6.99. The summed E-state index contributed by atoms with van der Waals surface area (Å²) in [7, 11) is 0. The van der Waals surface area contributed by atoms with Gasteiger partial charge in [-0.2, -0.15) is 5.10 Å². The number of nitrogens with one attached hydrogen (secondary N) is 1. The Labute approximate surface area is 156 Å². The number of H-pyrrole nitrogens is 1. The third kappa shape index (κ3) is 2.99. The zero-order chi connectivity index (χ0) is 18.2. The molecule has 6 heteroatoms. The van der Waals surface area contributed by atoms with Gasteiger partial charge in [0, 0.05) is 23.2 Å². The summed E-state index contributed by atoms with van der Waals surface area (Å²) in [5.41, 5.74) is 11.7. The molecule has 0 aliphatic heterocycles. The fourth-order valence-corrected chi connectivity index (χ4v) is 3.31. The Kier molecular flexibility index (Phi) is 3.74. The van der Waals surface area contributed by atoms with Crippen LogP contribution in [0.3, 0.4) is 0 Å². The van der Waals surface area contributed by atoms with Gasteiger partial charge in [0.2, 0.25) is 0 Å². The molecule has 1 aliphatic rings. The van der Waals surface area contributed by atoms with Crippen molar-refractivity contribution in [1.82, 2.24) is 19.7 Å². The molecule has 1 aliphatic carbocycles. The lowest BCUT2D eigenvalue weighted by Crippen LogP contribution is -2.01. The second kappa shape index (κ2) is 6.39. The van der Waals surface area contributed by atoms with E-state index in [9.17, 15) is 0 Å². The van der Waals surface area contributed by atoms with E-state index < -0.39 is 0 Å². The van der Waals surface area contributed by atoms with E-state index >= 15 is 0 Å². The molecular weight excluding hydrogens is 336 g/mol. The zero-order valence-electron chi connectivity index (χ0n) is 14.8. The van der Waals surface area contributed by atoms with Gasteiger partial charge in [-0.1, -0.05) is 6.07 Å². The minimum absolute atomic E-state index is 0.738. The van der Waals surface area contributed by atoms with Crippen LogP contribution in [0.15, 0.2) is 66.2 Å². The highest BCUT2D eigenvalue weighted by molar-refractivity contribution is 6.10. The number of aliphatic imine (C=N–C) groups is 1. The molecule has 3 N–H and O–H groups in total. The van der Waals surface area contributed by atoms with Crippen molar-refractivity contribution in [3.05, 3.63) is 66.8 Å². The summed E-state index contributed by atoms with van der Waals surface area (Å²) in [5, 5.41) is 8.21. The summed E-state index contributed by atoms with van der Waals surface area (Å²) >= 11 is 0. The molecule has 2 heterocycles. The van der Waals surface area contributed by atoms with Crippen LogP contribution in [-0.2, 0) is 0 Å². The molecule has 0 saturated heterocycles. The highest BCUT2D eigenvalue weighted by atomic mass is 15.1. The lowest BCUT2D eigenvalue weighted by Gasteiger charge is -2.07. The number of benzene rings is 2. The Bertz CT molecular complexity index is 1180. The van der Waals surface area contributed by atoms with Crippen molar-refractivity contribution in [2.45, 2.75) is 12.8 Å². The summed E-state index contributed by atoms with van der Waals surface area (Å²) in [6, 6.07) is 12.4. The fourth-order valence-electron chi connectivity index (χ4n) is 3.31. The summed E-state index contributed by atoms with van der Waals surface area (Å²) in [6.07, 6.45) is 9.67. The maximum Gasteiger partial charge on any atom is 0.100 e. The first-order valence-electron chi connectivity index (χ1n) is 9.15. The molecule has 134 valence electrons. The number of imidazole rings is 1. The van der Waals surface area contributed by atoms with Crippen molar-refractivity contribution < 1.29 is 0 Å². The highest BCUT2D eigenvalue weighted by Crippen LogP contribution is 2.29. The van der Waals surface area contributed by atoms with Crippen molar-refractivity contribution in [1.29, 1.82) is 0 Å². The van der Waals surface area contributed by atoms with Gasteiger partial charge in [0.1, 0.15) is 6.33 Å². The first-order chi connectivity index (χ1) is 13.3. The van der Waals surface area contributed by atoms with Crippen molar-refractivity contribution >= 4 is 27.6 Å². The maximum atomic E-state index is 5.66. The van der Waals surface area contributed by atoms with Crippen molar-refractivity contribution in [3.63, 3.8) is 0 Å². The van der Waals surface area contributed by atoms with Crippen LogP contribution in [0.4, 0.5) is 0 Å². The van der Waals surface area contributed by atoms with E-state index in [0.29, 0.717) is 0 Å². The van der Waals surface area contributed by atoms with Crippen molar-refractivity contribution in [3.8, 4) is 5.69 Å². The molecule has 0 unspecified atom stereocenters. The Morgan fingerprint density at radius 3 is 3.04 bits per heavy atom. The van der Waals surface area contributed by atoms with E-state index in [4.69, 9.17) is 10.7 Å². The number of aromatic nitrogens is 4. The Balaban J connectivity index is 1.59. The summed E-state index contributed by atoms with van der Waals surface area (Å²) < 4.78 is 2.09. The second-order valence-electron chi connectivity index (χ2n) is 6.99. The average Bonchev–Trinajstić information content (AvgIpc) is 3.24. The first kappa shape index (κ1) is 15.8. The van der Waals surface area contributed by atoms with E-state index in [0.717, 1.165) is 51.4 Å². The van der Waals surface area contributed by atoms with Gasteiger partial charge in [-0.05, 0) is 61.4 Å². The summed E-state index contributed by atoms with van der Waals surface area (Å²) in [4.78, 5) is 9.33. The third-order valence-corrected chi connectivity index (χ3v) is 5.02. The largest absolute Gasteiger partial charge is 0.405 e. The standard InChI is InChI=1S/C21H20N6/c22-8-7-18(23-11-14-1-2-14)15-4-6-19-21(9-15)27(13-24-19)17-5-3-16-12-25-26-20(16)10-17/h3-10,12-14H,1-2,11,22H2,(H,25,26). The summed E-state index contributed by atoms with van der Waals surface area (Å²) in [6.45, 7) is 0.869. The van der Waals surface area contributed by atoms with Crippen molar-refractivity contribution in [2.24, 2.45) is 16.6 Å². The van der Waals surface area contributed by atoms with E-state index in [1.54, 1.807) is 6.20 Å². The van der Waals surface area contributed by atoms with Crippen LogP contribution < -0.4 is 5.73 Å².